The Morgan fingerprint density at radius 1 is 1.29 bits per heavy atom. The third-order valence-electron chi connectivity index (χ3n) is 1.72. The maximum absolute atomic E-state index is 10.6. The predicted octanol–water partition coefficient (Wildman–Crippen LogP) is -4.31. The summed E-state index contributed by atoms with van der Waals surface area (Å²) in [5.41, 5.74) is 0. The van der Waals surface area contributed by atoms with Gasteiger partial charge in [0.05, 0.1) is 25.9 Å². The van der Waals surface area contributed by atoms with Crippen molar-refractivity contribution < 1.29 is 53.7 Å². The Kier molecular flexibility index (Phi) is 13.9. The second kappa shape index (κ2) is 12.3. The van der Waals surface area contributed by atoms with Gasteiger partial charge < -0.3 is 24.7 Å². The number of carboxylic acid groups (broad SMARTS) is 1. The van der Waals surface area contributed by atoms with Crippen LogP contribution in [0.4, 0.5) is 0 Å². The van der Waals surface area contributed by atoms with Gasteiger partial charge in [-0.2, -0.15) is 0 Å². The van der Waals surface area contributed by atoms with E-state index in [0.717, 1.165) is 0 Å². The standard InChI is InChI=1S/C10H19NO5.Na/c1-8(7-11-9(2)12)16-6-5-15-4-3-10(13)14;/h8H,3-7H2,1-2H3,(H,11,12)(H,13,14);/q;+1/p-1. The molecule has 0 bridgehead atoms. The van der Waals surface area contributed by atoms with Crippen LogP contribution >= 0.6 is 0 Å². The van der Waals surface area contributed by atoms with E-state index in [1.165, 1.54) is 6.92 Å². The molecule has 0 fully saturated rings. The maximum atomic E-state index is 10.6. The summed E-state index contributed by atoms with van der Waals surface area (Å²) in [5, 5.41) is 12.6. The van der Waals surface area contributed by atoms with Crippen LogP contribution in [0.1, 0.15) is 20.3 Å². The zero-order valence-corrected chi connectivity index (χ0v) is 12.7. The molecule has 7 heteroatoms. The first-order valence-electron chi connectivity index (χ1n) is 5.16. The number of carbonyl (C=O) groups is 2. The van der Waals surface area contributed by atoms with Crippen LogP contribution in [0.25, 0.3) is 0 Å². The minimum Gasteiger partial charge on any atom is -0.550 e. The summed E-state index contributed by atoms with van der Waals surface area (Å²) in [4.78, 5) is 20.6. The third kappa shape index (κ3) is 15.9. The van der Waals surface area contributed by atoms with Crippen molar-refractivity contribution in [2.24, 2.45) is 0 Å². The van der Waals surface area contributed by atoms with Crippen molar-refractivity contribution in [1.29, 1.82) is 0 Å². The van der Waals surface area contributed by atoms with Crippen molar-refractivity contribution in [2.75, 3.05) is 26.4 Å². The molecule has 0 saturated heterocycles. The molecule has 0 aromatic heterocycles. The van der Waals surface area contributed by atoms with Gasteiger partial charge in [0.1, 0.15) is 0 Å². The van der Waals surface area contributed by atoms with Gasteiger partial charge in [0.25, 0.3) is 0 Å². The van der Waals surface area contributed by atoms with E-state index in [0.29, 0.717) is 19.8 Å². The number of carbonyl (C=O) groups excluding carboxylic acids is 2. The van der Waals surface area contributed by atoms with Crippen LogP contribution in [0.5, 0.6) is 0 Å². The predicted molar refractivity (Wildman–Crippen MR) is 54.5 cm³/mol. The number of amides is 1. The minimum atomic E-state index is -1.13. The number of ether oxygens (including phenoxy) is 2. The molecule has 1 N–H and O–H groups in total. The van der Waals surface area contributed by atoms with Gasteiger partial charge in [-0.1, -0.05) is 0 Å². The second-order valence-corrected chi connectivity index (χ2v) is 3.35. The number of aliphatic carboxylic acids is 1. The van der Waals surface area contributed by atoms with Gasteiger partial charge in [0.2, 0.25) is 5.91 Å². The molecule has 1 unspecified atom stereocenters. The van der Waals surface area contributed by atoms with Crippen molar-refractivity contribution in [3.05, 3.63) is 0 Å². The average Bonchev–Trinajstić information content (AvgIpc) is 2.19. The maximum Gasteiger partial charge on any atom is 1.00 e. The van der Waals surface area contributed by atoms with E-state index in [4.69, 9.17) is 9.47 Å². The van der Waals surface area contributed by atoms with Gasteiger partial charge in [0.15, 0.2) is 0 Å². The van der Waals surface area contributed by atoms with Gasteiger partial charge >= 0.3 is 29.6 Å². The van der Waals surface area contributed by atoms with Crippen molar-refractivity contribution in [1.82, 2.24) is 5.32 Å². The molecule has 0 aromatic rings. The van der Waals surface area contributed by atoms with E-state index in [1.807, 2.05) is 6.92 Å². The van der Waals surface area contributed by atoms with E-state index >= 15 is 0 Å². The van der Waals surface area contributed by atoms with Crippen molar-refractivity contribution >= 4 is 11.9 Å². The average molecular weight is 255 g/mol. The second-order valence-electron chi connectivity index (χ2n) is 3.35. The van der Waals surface area contributed by atoms with Crippen LogP contribution < -0.4 is 40.0 Å². The monoisotopic (exact) mass is 255 g/mol. The third-order valence-corrected chi connectivity index (χ3v) is 1.72. The molecule has 6 nitrogen and oxygen atoms in total. The smallest absolute Gasteiger partial charge is 0.550 e. The summed E-state index contributed by atoms with van der Waals surface area (Å²) in [6.07, 6.45) is -0.199. The first-order valence-corrected chi connectivity index (χ1v) is 5.16. The van der Waals surface area contributed by atoms with E-state index in [2.05, 4.69) is 5.32 Å². The SMILES string of the molecule is CC(=O)NCC(C)OCCOCCC(=O)[O-].[Na+]. The molecule has 0 heterocycles. The van der Waals surface area contributed by atoms with Crippen LogP contribution in [0.3, 0.4) is 0 Å². The number of carboxylic acids is 1. The molecule has 1 atom stereocenters. The Balaban J connectivity index is 0. The van der Waals surface area contributed by atoms with E-state index in [9.17, 15) is 14.7 Å². The van der Waals surface area contributed by atoms with Crippen LogP contribution in [-0.2, 0) is 19.1 Å². The van der Waals surface area contributed by atoms with Crippen molar-refractivity contribution in [2.45, 2.75) is 26.4 Å². The zero-order valence-electron chi connectivity index (χ0n) is 10.7. The van der Waals surface area contributed by atoms with Gasteiger partial charge in [-0.3, -0.25) is 4.79 Å². The fourth-order valence-corrected chi connectivity index (χ4v) is 0.912. The van der Waals surface area contributed by atoms with Crippen LogP contribution in [0.15, 0.2) is 0 Å². The molecule has 0 radical (unpaired) electrons. The molecular weight excluding hydrogens is 237 g/mol. The fraction of sp³-hybridized carbons (Fsp3) is 0.800. The van der Waals surface area contributed by atoms with Gasteiger partial charge in [-0.15, -0.1) is 0 Å². The summed E-state index contributed by atoms with van der Waals surface area (Å²) in [5.74, 6) is -1.22. The van der Waals surface area contributed by atoms with Gasteiger partial charge in [0, 0.05) is 25.9 Å². The Hall–Kier alpha value is -0.140. The quantitative estimate of drug-likeness (QED) is 0.332. The largest absolute Gasteiger partial charge is 1.00 e. The van der Waals surface area contributed by atoms with Crippen LogP contribution in [-0.4, -0.2) is 44.3 Å². The molecule has 1 amide bonds. The molecule has 0 spiro atoms. The first-order chi connectivity index (χ1) is 7.52. The molecule has 0 aliphatic carbocycles. The Bertz CT molecular complexity index is 225. The number of nitrogens with one attached hydrogen (secondary N) is 1. The molecular formula is C10H18NNaO5. The summed E-state index contributed by atoms with van der Waals surface area (Å²) in [7, 11) is 0. The Morgan fingerprint density at radius 2 is 1.94 bits per heavy atom. The van der Waals surface area contributed by atoms with E-state index in [-0.39, 0.29) is 54.6 Å². The molecule has 0 aliphatic heterocycles. The molecule has 17 heavy (non-hydrogen) atoms. The minimum absolute atomic E-state index is 0. The van der Waals surface area contributed by atoms with Gasteiger partial charge in [-0.25, -0.2) is 0 Å². The van der Waals surface area contributed by atoms with Gasteiger partial charge in [-0.05, 0) is 6.92 Å². The normalized spacial score (nSPS) is 11.4. The fourth-order valence-electron chi connectivity index (χ4n) is 0.912. The molecule has 94 valence electrons. The van der Waals surface area contributed by atoms with Crippen molar-refractivity contribution in [3.63, 3.8) is 0 Å². The Labute approximate surface area is 123 Å². The first kappa shape index (κ1) is 19.2. The zero-order chi connectivity index (χ0) is 12.4. The van der Waals surface area contributed by atoms with E-state index < -0.39 is 5.97 Å². The number of hydrogen-bond acceptors (Lipinski definition) is 5. The van der Waals surface area contributed by atoms with E-state index in [1.54, 1.807) is 0 Å². The Morgan fingerprint density at radius 3 is 2.47 bits per heavy atom. The van der Waals surface area contributed by atoms with Crippen LogP contribution in [0, 0.1) is 0 Å². The molecule has 0 saturated carbocycles. The number of hydrogen-bond donors (Lipinski definition) is 1. The molecule has 0 aliphatic rings. The summed E-state index contributed by atoms with van der Waals surface area (Å²) in [6, 6.07) is 0. The summed E-state index contributed by atoms with van der Waals surface area (Å²) < 4.78 is 10.3. The summed E-state index contributed by atoms with van der Waals surface area (Å²) >= 11 is 0. The summed E-state index contributed by atoms with van der Waals surface area (Å²) in [6.45, 7) is 4.55. The topological polar surface area (TPSA) is 87.7 Å². The molecule has 0 rings (SSSR count). The van der Waals surface area contributed by atoms with Crippen molar-refractivity contribution in [3.8, 4) is 0 Å². The number of rotatable bonds is 9. The molecule has 0 aromatic carbocycles. The van der Waals surface area contributed by atoms with Crippen LogP contribution in [0.2, 0.25) is 0 Å².